The average Bonchev–Trinajstić information content (AvgIpc) is 3.86. The van der Waals surface area contributed by atoms with Crippen molar-refractivity contribution in [3.8, 4) is 0 Å². The molecule has 4 aliphatic heterocycles. The molecule has 0 spiro atoms. The average molecular weight is 567 g/mol. The predicted octanol–water partition coefficient (Wildman–Crippen LogP) is 8.99. The van der Waals surface area contributed by atoms with E-state index < -0.39 is 0 Å². The summed E-state index contributed by atoms with van der Waals surface area (Å²) in [7, 11) is 0. The predicted molar refractivity (Wildman–Crippen MR) is 167 cm³/mol. The van der Waals surface area contributed by atoms with Crippen LogP contribution in [0.1, 0.15) is 115 Å². The minimum Gasteiger partial charge on any atom is -0.365 e. The Morgan fingerprint density at radius 1 is 0.273 bits per heavy atom. The Balaban J connectivity index is 0.979. The van der Waals surface area contributed by atoms with Gasteiger partial charge in [-0.1, -0.05) is 97.1 Å². The van der Waals surface area contributed by atoms with Crippen molar-refractivity contribution in [2.45, 2.75) is 48.1 Å². The zero-order valence-electron chi connectivity index (χ0n) is 24.1. The summed E-state index contributed by atoms with van der Waals surface area (Å²) >= 11 is 0. The monoisotopic (exact) mass is 566 g/mol. The highest BCUT2D eigenvalue weighted by molar-refractivity contribution is 5.63. The molecule has 2 heteroatoms. The highest BCUT2D eigenvalue weighted by atomic mass is 16.5. The van der Waals surface area contributed by atoms with Crippen molar-refractivity contribution in [2.75, 3.05) is 0 Å². The van der Waals surface area contributed by atoms with Crippen LogP contribution in [0.4, 0.5) is 0 Å². The Morgan fingerprint density at radius 2 is 0.477 bits per heavy atom. The van der Waals surface area contributed by atoms with Crippen LogP contribution >= 0.6 is 0 Å². The van der Waals surface area contributed by atoms with Crippen molar-refractivity contribution in [3.63, 3.8) is 0 Å². The summed E-state index contributed by atoms with van der Waals surface area (Å²) in [5.74, 6) is 3.63. The molecule has 5 aromatic rings. The van der Waals surface area contributed by atoms with Gasteiger partial charge in [-0.3, -0.25) is 0 Å². The molecule has 0 radical (unpaired) electrons. The first kappa shape index (κ1) is 22.5. The normalized spacial score (nSPS) is 38.7. The van der Waals surface area contributed by atoms with Crippen molar-refractivity contribution in [1.82, 2.24) is 0 Å². The van der Waals surface area contributed by atoms with E-state index in [0.717, 1.165) is 0 Å². The number of fused-ring (bicyclic) bond motifs is 10. The van der Waals surface area contributed by atoms with E-state index in [0.29, 0.717) is 47.3 Å². The molecular weight excluding hydrogens is 536 g/mol. The van der Waals surface area contributed by atoms with Crippen LogP contribution in [0.15, 0.2) is 109 Å². The second kappa shape index (κ2) is 7.28. The Kier molecular flexibility index (Phi) is 3.73. The van der Waals surface area contributed by atoms with Gasteiger partial charge in [-0.25, -0.2) is 0 Å². The van der Waals surface area contributed by atoms with Crippen molar-refractivity contribution in [1.29, 1.82) is 0 Å². The maximum absolute atomic E-state index is 7.14. The Bertz CT molecular complexity index is 1750. The third-order valence-corrected chi connectivity index (χ3v) is 13.6. The van der Waals surface area contributed by atoms with Crippen LogP contribution in [0.5, 0.6) is 0 Å². The number of benzene rings is 5. The maximum Gasteiger partial charge on any atom is 0.0878 e. The van der Waals surface area contributed by atoms with E-state index in [1.807, 2.05) is 0 Å². The van der Waals surface area contributed by atoms with Crippen LogP contribution in [0, 0.1) is 23.7 Å². The Labute approximate surface area is 256 Å². The molecule has 8 bridgehead atoms. The fourth-order valence-electron chi connectivity index (χ4n) is 12.5. The minimum absolute atomic E-state index is 0.165. The molecule has 10 aliphatic rings. The number of rotatable bonds is 0. The summed E-state index contributed by atoms with van der Waals surface area (Å²) in [5, 5.41) is 0. The van der Waals surface area contributed by atoms with Crippen LogP contribution in [-0.2, 0) is 9.47 Å². The summed E-state index contributed by atoms with van der Waals surface area (Å²) < 4.78 is 14.3. The zero-order chi connectivity index (χ0) is 28.0. The van der Waals surface area contributed by atoms with Gasteiger partial charge < -0.3 is 9.47 Å². The molecule has 2 nitrogen and oxygen atoms in total. The van der Waals surface area contributed by atoms with Crippen LogP contribution < -0.4 is 0 Å². The summed E-state index contributed by atoms with van der Waals surface area (Å²) in [4.78, 5) is 0. The Hall–Kier alpha value is -3.98. The molecular formula is C42H30O2. The zero-order valence-corrected chi connectivity index (χ0v) is 24.1. The highest BCUT2D eigenvalue weighted by Crippen LogP contribution is 2.75. The molecule has 0 unspecified atom stereocenters. The third-order valence-electron chi connectivity index (χ3n) is 13.6. The van der Waals surface area contributed by atoms with E-state index in [9.17, 15) is 0 Å². The van der Waals surface area contributed by atoms with Crippen LogP contribution in [0.2, 0.25) is 0 Å². The van der Waals surface area contributed by atoms with E-state index in [-0.39, 0.29) is 24.4 Å². The van der Waals surface area contributed by atoms with Crippen molar-refractivity contribution < 1.29 is 9.47 Å². The molecule has 44 heavy (non-hydrogen) atoms. The number of hydrogen-bond acceptors (Lipinski definition) is 2. The highest BCUT2D eigenvalue weighted by Gasteiger charge is 2.66. The van der Waals surface area contributed by atoms with Crippen LogP contribution in [0.25, 0.3) is 0 Å². The largest absolute Gasteiger partial charge is 0.365 e. The van der Waals surface area contributed by atoms with Gasteiger partial charge in [0.2, 0.25) is 0 Å². The van der Waals surface area contributed by atoms with E-state index >= 15 is 0 Å². The summed E-state index contributed by atoms with van der Waals surface area (Å²) in [6.07, 6.45) is 0.662. The lowest BCUT2D eigenvalue weighted by Gasteiger charge is -2.52. The molecule has 6 aliphatic carbocycles. The Morgan fingerprint density at radius 3 is 0.682 bits per heavy atom. The summed E-state index contributed by atoms with van der Waals surface area (Å²) in [6.45, 7) is 0. The fraction of sp³-hybridized carbons (Fsp3) is 0.286. The van der Waals surface area contributed by atoms with Crippen molar-refractivity contribution in [2.24, 2.45) is 23.7 Å². The standard InChI is InChI=1S/C42H30O2/c1-2-10-20-19(9-1)31-21-11-3-4-12-22(21)32(20)36-35(31)39-27-17-29-30(18-28(27)40(36)43-39)42-38-34-25-15-7-5-13-23(25)33(37(38)41(29)44-42)24-14-6-8-16-26(24)34/h1-18,31-42H/t31?,32?,33?,34?,35-,36-,37-,38+,39-,40-,41+,42+/m0/s1. The van der Waals surface area contributed by atoms with Crippen molar-refractivity contribution in [3.05, 3.63) is 176 Å². The van der Waals surface area contributed by atoms with Gasteiger partial charge in [0, 0.05) is 47.3 Å². The van der Waals surface area contributed by atoms with Gasteiger partial charge in [0.25, 0.3) is 0 Å². The van der Waals surface area contributed by atoms with Gasteiger partial charge in [-0.2, -0.15) is 0 Å². The first-order valence-electron chi connectivity index (χ1n) is 16.7. The van der Waals surface area contributed by atoms with E-state index in [1.165, 1.54) is 66.8 Å². The molecule has 0 N–H and O–H groups in total. The van der Waals surface area contributed by atoms with Gasteiger partial charge in [0.15, 0.2) is 0 Å². The molecule has 0 aromatic heterocycles. The lowest BCUT2D eigenvalue weighted by Crippen LogP contribution is -2.43. The van der Waals surface area contributed by atoms with Gasteiger partial charge in [0.1, 0.15) is 0 Å². The maximum atomic E-state index is 7.14. The molecule has 15 rings (SSSR count). The molecule has 0 saturated carbocycles. The summed E-state index contributed by atoms with van der Waals surface area (Å²) in [6, 6.07) is 42.3. The van der Waals surface area contributed by atoms with E-state index in [1.54, 1.807) is 0 Å². The second-order valence-corrected chi connectivity index (χ2v) is 14.8. The minimum atomic E-state index is 0.165. The second-order valence-electron chi connectivity index (χ2n) is 14.8. The first-order chi connectivity index (χ1) is 21.9. The fourth-order valence-corrected chi connectivity index (χ4v) is 12.5. The van der Waals surface area contributed by atoms with E-state index in [2.05, 4.69) is 109 Å². The van der Waals surface area contributed by atoms with Crippen molar-refractivity contribution >= 4 is 0 Å². The van der Waals surface area contributed by atoms with Gasteiger partial charge >= 0.3 is 0 Å². The smallest absolute Gasteiger partial charge is 0.0878 e. The van der Waals surface area contributed by atoms with Crippen LogP contribution in [-0.4, -0.2) is 0 Å². The molecule has 8 atom stereocenters. The lowest BCUT2D eigenvalue weighted by molar-refractivity contribution is 0.0494. The third kappa shape index (κ3) is 2.25. The van der Waals surface area contributed by atoms with Crippen LogP contribution in [0.3, 0.4) is 0 Å². The van der Waals surface area contributed by atoms with Gasteiger partial charge in [-0.15, -0.1) is 0 Å². The topological polar surface area (TPSA) is 18.5 Å². The molecule has 2 fully saturated rings. The SMILES string of the molecule is c1ccc2c(c1)C1c3ccccc3C2[C@H]2[C@@H]1[C@@H]1O[C@@H]2c2cc3c(cc21)[C@@H]1O[C@@H]3[C@H]2C3c4ccccc4C(c4ccccc43)[C@@H]21. The number of ether oxygens (including phenoxy) is 2. The van der Waals surface area contributed by atoms with Gasteiger partial charge in [-0.05, 0) is 78.9 Å². The first-order valence-corrected chi connectivity index (χ1v) is 16.7. The molecule has 5 aromatic carbocycles. The quantitative estimate of drug-likeness (QED) is 0.186. The lowest BCUT2D eigenvalue weighted by atomic mass is 9.49. The molecule has 4 heterocycles. The van der Waals surface area contributed by atoms with E-state index in [4.69, 9.17) is 9.47 Å². The number of hydrogen-bond donors (Lipinski definition) is 0. The van der Waals surface area contributed by atoms with Gasteiger partial charge in [0.05, 0.1) is 24.4 Å². The molecule has 210 valence electrons. The molecule has 2 saturated heterocycles. The molecule has 0 amide bonds. The summed E-state index contributed by atoms with van der Waals surface area (Å²) in [5.41, 5.74) is 18.2.